The van der Waals surface area contributed by atoms with E-state index in [2.05, 4.69) is 42.4 Å². The van der Waals surface area contributed by atoms with Crippen LogP contribution in [0, 0.1) is 0 Å². The fourth-order valence-electron chi connectivity index (χ4n) is 6.14. The minimum absolute atomic E-state index is 0.148. The van der Waals surface area contributed by atoms with Gasteiger partial charge in [0, 0.05) is 48.9 Å². The van der Waals surface area contributed by atoms with Gasteiger partial charge in [0.2, 0.25) is 6.79 Å². The summed E-state index contributed by atoms with van der Waals surface area (Å²) in [6.45, 7) is 3.33. The third kappa shape index (κ3) is 4.36. The zero-order valence-corrected chi connectivity index (χ0v) is 21.9. The first-order valence-corrected chi connectivity index (χ1v) is 13.6. The molecule has 39 heavy (non-hydrogen) atoms. The first-order chi connectivity index (χ1) is 19.2. The minimum atomic E-state index is -0.378. The number of fused-ring (bicyclic) bond motifs is 2. The summed E-state index contributed by atoms with van der Waals surface area (Å²) >= 11 is 0. The van der Waals surface area contributed by atoms with Crippen LogP contribution in [0.3, 0.4) is 0 Å². The van der Waals surface area contributed by atoms with Crippen LogP contribution in [-0.2, 0) is 0 Å². The highest BCUT2D eigenvalue weighted by molar-refractivity contribution is 5.83. The minimum Gasteiger partial charge on any atom is -0.497 e. The molecule has 4 heterocycles. The van der Waals surface area contributed by atoms with Crippen molar-refractivity contribution in [1.29, 1.82) is 0 Å². The average Bonchev–Trinajstić information content (AvgIpc) is 3.75. The van der Waals surface area contributed by atoms with Gasteiger partial charge in [0.15, 0.2) is 17.3 Å². The molecule has 7 rings (SSSR count). The lowest BCUT2D eigenvalue weighted by atomic mass is 10.0. The summed E-state index contributed by atoms with van der Waals surface area (Å²) < 4.78 is 18.4. The van der Waals surface area contributed by atoms with Gasteiger partial charge in [-0.2, -0.15) is 0 Å². The number of hydrogen-bond donors (Lipinski definition) is 1. The predicted molar refractivity (Wildman–Crippen MR) is 145 cm³/mol. The molecule has 202 valence electrons. The molecule has 2 aliphatic heterocycles. The lowest BCUT2D eigenvalue weighted by molar-refractivity contribution is 0.174. The summed E-state index contributed by atoms with van der Waals surface area (Å²) in [5.74, 6) is 2.89. The molecule has 0 spiro atoms. The number of nitrogens with one attached hydrogen (secondary N) is 1. The van der Waals surface area contributed by atoms with Crippen molar-refractivity contribution in [3.8, 4) is 17.2 Å². The van der Waals surface area contributed by atoms with E-state index in [4.69, 9.17) is 14.2 Å². The number of pyridine rings is 1. The van der Waals surface area contributed by atoms with Crippen LogP contribution in [0.4, 0.5) is 5.69 Å². The zero-order valence-electron chi connectivity index (χ0n) is 21.9. The molecule has 0 bridgehead atoms. The van der Waals surface area contributed by atoms with E-state index in [9.17, 15) is 4.79 Å². The smallest absolute Gasteiger partial charge is 0.253 e. The van der Waals surface area contributed by atoms with Crippen molar-refractivity contribution in [3.05, 3.63) is 64.2 Å². The monoisotopic (exact) mass is 529 g/mol. The Morgan fingerprint density at radius 3 is 2.49 bits per heavy atom. The second-order valence-electron chi connectivity index (χ2n) is 10.4. The number of tetrazole rings is 1. The van der Waals surface area contributed by atoms with E-state index in [0.717, 1.165) is 61.7 Å². The molecule has 1 unspecified atom stereocenters. The number of ether oxygens (including phenoxy) is 3. The number of piperazine rings is 1. The molecule has 3 aliphatic rings. The van der Waals surface area contributed by atoms with Crippen LogP contribution in [0.25, 0.3) is 10.9 Å². The standard InChI is InChI=1S/C28H31N7O4/c1-37-21-8-6-19(7-9-21)33-10-12-34(13-11-33)26(27-30-31-32-35(27)20-4-2-3-5-20)22-14-18-15-24-25(39-17-38-24)16-23(18)29-28(22)36/h6-9,14-16,20,26H,2-5,10-13,17H2,1H3,(H,29,36). The van der Waals surface area contributed by atoms with Gasteiger partial charge in [0.1, 0.15) is 11.8 Å². The average molecular weight is 530 g/mol. The normalized spacial score (nSPS) is 18.6. The highest BCUT2D eigenvalue weighted by Gasteiger charge is 2.35. The summed E-state index contributed by atoms with van der Waals surface area (Å²) in [4.78, 5) is 21.4. The van der Waals surface area contributed by atoms with Gasteiger partial charge in [-0.1, -0.05) is 12.8 Å². The van der Waals surface area contributed by atoms with Crippen molar-refractivity contribution in [2.24, 2.45) is 0 Å². The van der Waals surface area contributed by atoms with E-state index in [0.29, 0.717) is 22.6 Å². The van der Waals surface area contributed by atoms with Crippen molar-refractivity contribution in [2.45, 2.75) is 37.8 Å². The Hall–Kier alpha value is -4.12. The number of nitrogens with zero attached hydrogens (tertiary/aromatic N) is 6. The highest BCUT2D eigenvalue weighted by Crippen LogP contribution is 2.38. The van der Waals surface area contributed by atoms with Gasteiger partial charge in [-0.25, -0.2) is 4.68 Å². The number of anilines is 1. The van der Waals surface area contributed by atoms with Crippen LogP contribution >= 0.6 is 0 Å². The largest absolute Gasteiger partial charge is 0.497 e. The second-order valence-corrected chi connectivity index (χ2v) is 10.4. The maximum Gasteiger partial charge on any atom is 0.253 e. The fourth-order valence-corrected chi connectivity index (χ4v) is 6.14. The Bertz CT molecular complexity index is 1540. The molecule has 0 amide bonds. The molecule has 11 nitrogen and oxygen atoms in total. The molecule has 2 aromatic heterocycles. The number of benzene rings is 2. The molecule has 2 aromatic carbocycles. The molecule has 1 N–H and O–H groups in total. The maximum atomic E-state index is 13.6. The van der Waals surface area contributed by atoms with Crippen molar-refractivity contribution >= 4 is 16.6 Å². The third-order valence-corrected chi connectivity index (χ3v) is 8.21. The first-order valence-electron chi connectivity index (χ1n) is 13.6. The van der Waals surface area contributed by atoms with Crippen molar-refractivity contribution < 1.29 is 14.2 Å². The Kier molecular flexibility index (Phi) is 6.07. The van der Waals surface area contributed by atoms with Crippen LogP contribution in [-0.4, -0.2) is 70.2 Å². The SMILES string of the molecule is COc1ccc(N2CCN(C(c3cc4cc5c(cc4[nH]c3=O)OCO5)c3nnnn3C3CCCC3)CC2)cc1. The highest BCUT2D eigenvalue weighted by atomic mass is 16.7. The quantitative estimate of drug-likeness (QED) is 0.402. The number of aromatic amines is 1. The van der Waals surface area contributed by atoms with Gasteiger partial charge in [-0.05, 0) is 59.7 Å². The van der Waals surface area contributed by atoms with Gasteiger partial charge >= 0.3 is 0 Å². The van der Waals surface area contributed by atoms with E-state index in [1.54, 1.807) is 7.11 Å². The molecular weight excluding hydrogens is 498 g/mol. The predicted octanol–water partition coefficient (Wildman–Crippen LogP) is 3.28. The lowest BCUT2D eigenvalue weighted by Gasteiger charge is -2.39. The Labute approximate surface area is 225 Å². The van der Waals surface area contributed by atoms with E-state index in [1.165, 1.54) is 12.8 Å². The van der Waals surface area contributed by atoms with Crippen LogP contribution < -0.4 is 24.7 Å². The van der Waals surface area contributed by atoms with Crippen LogP contribution in [0.15, 0.2) is 47.3 Å². The molecule has 1 aliphatic carbocycles. The number of hydrogen-bond acceptors (Lipinski definition) is 9. The van der Waals surface area contributed by atoms with Crippen molar-refractivity contribution in [3.63, 3.8) is 0 Å². The number of methoxy groups -OCH3 is 1. The van der Waals surface area contributed by atoms with Crippen LogP contribution in [0.2, 0.25) is 0 Å². The van der Waals surface area contributed by atoms with Gasteiger partial charge in [-0.3, -0.25) is 9.69 Å². The fraction of sp³-hybridized carbons (Fsp3) is 0.429. The first kappa shape index (κ1) is 24.0. The van der Waals surface area contributed by atoms with Crippen LogP contribution in [0.5, 0.6) is 17.2 Å². The Morgan fingerprint density at radius 1 is 1.00 bits per heavy atom. The summed E-state index contributed by atoms with van der Waals surface area (Å²) in [7, 11) is 1.68. The third-order valence-electron chi connectivity index (χ3n) is 8.21. The number of rotatable bonds is 6. The van der Waals surface area contributed by atoms with Gasteiger partial charge in [-0.15, -0.1) is 5.10 Å². The topological polar surface area (TPSA) is 111 Å². The van der Waals surface area contributed by atoms with Crippen LogP contribution in [0.1, 0.15) is 49.2 Å². The molecular formula is C28H31N7O4. The van der Waals surface area contributed by atoms with Gasteiger partial charge < -0.3 is 24.1 Å². The zero-order chi connectivity index (χ0) is 26.3. The van der Waals surface area contributed by atoms with E-state index in [1.807, 2.05) is 35.0 Å². The molecule has 1 atom stereocenters. The summed E-state index contributed by atoms with van der Waals surface area (Å²) in [6.07, 6.45) is 4.43. The second kappa shape index (κ2) is 9.88. The van der Waals surface area contributed by atoms with E-state index in [-0.39, 0.29) is 24.4 Å². The molecule has 1 saturated heterocycles. The molecule has 1 saturated carbocycles. The lowest BCUT2D eigenvalue weighted by Crippen LogP contribution is -2.49. The summed E-state index contributed by atoms with van der Waals surface area (Å²) in [6, 6.07) is 13.7. The summed E-state index contributed by atoms with van der Waals surface area (Å²) in [5.41, 5.74) is 2.35. The molecule has 0 radical (unpaired) electrons. The number of aromatic nitrogens is 5. The summed E-state index contributed by atoms with van der Waals surface area (Å²) in [5, 5.41) is 13.9. The van der Waals surface area contributed by atoms with Gasteiger partial charge in [0.25, 0.3) is 5.56 Å². The molecule has 2 fully saturated rings. The van der Waals surface area contributed by atoms with Crippen molar-refractivity contribution in [2.75, 3.05) is 45.0 Å². The number of H-pyrrole nitrogens is 1. The van der Waals surface area contributed by atoms with Crippen molar-refractivity contribution in [1.82, 2.24) is 30.1 Å². The Morgan fingerprint density at radius 2 is 1.74 bits per heavy atom. The Balaban J connectivity index is 1.25. The molecule has 11 heteroatoms. The molecule has 4 aromatic rings. The maximum absolute atomic E-state index is 13.6. The van der Waals surface area contributed by atoms with Gasteiger partial charge in [0.05, 0.1) is 18.7 Å². The van der Waals surface area contributed by atoms with E-state index >= 15 is 0 Å². The van der Waals surface area contributed by atoms with E-state index < -0.39 is 0 Å².